The van der Waals surface area contributed by atoms with E-state index in [1.165, 1.54) is 32.3 Å². The van der Waals surface area contributed by atoms with E-state index in [2.05, 4.69) is 151 Å². The molecule has 0 atom stereocenters. The van der Waals surface area contributed by atoms with Gasteiger partial charge in [-0.15, -0.1) is 0 Å². The van der Waals surface area contributed by atoms with Crippen LogP contribution in [0.5, 0.6) is 0 Å². The molecule has 1 aromatic heterocycles. The van der Waals surface area contributed by atoms with Gasteiger partial charge in [0.2, 0.25) is 0 Å². The Bertz CT molecular complexity index is 2370. The number of nitrogen functional groups attached to an aromatic ring is 1. The predicted octanol–water partition coefficient (Wildman–Crippen LogP) is 10.3. The highest BCUT2D eigenvalue weighted by molar-refractivity contribution is 6.14. The molecule has 210 valence electrons. The largest absolute Gasteiger partial charge is 0.398 e. The Morgan fingerprint density at radius 2 is 1.25 bits per heavy atom. The fraction of sp³-hybridized carbons (Fsp3) is 0.0488. The number of rotatable bonds is 5. The SMILES string of the molecule is C/C(=N\Cc1cc(N)c(-c2ccccc2)c(-n2c3ccccc3c3cc4ccccc4cc32)c1)c1cccc2ccccc12. The van der Waals surface area contributed by atoms with Crippen LogP contribution in [0.1, 0.15) is 18.1 Å². The molecule has 8 aromatic rings. The van der Waals surface area contributed by atoms with Gasteiger partial charge in [-0.2, -0.15) is 0 Å². The summed E-state index contributed by atoms with van der Waals surface area (Å²) in [6, 6.07) is 51.6. The van der Waals surface area contributed by atoms with Crippen molar-refractivity contribution in [1.82, 2.24) is 4.57 Å². The van der Waals surface area contributed by atoms with Gasteiger partial charge in [0.25, 0.3) is 0 Å². The zero-order valence-electron chi connectivity index (χ0n) is 24.5. The van der Waals surface area contributed by atoms with Crippen molar-refractivity contribution >= 4 is 54.7 Å². The lowest BCUT2D eigenvalue weighted by molar-refractivity contribution is 1.05. The van der Waals surface area contributed by atoms with E-state index in [-0.39, 0.29) is 0 Å². The van der Waals surface area contributed by atoms with Crippen molar-refractivity contribution in [2.75, 3.05) is 5.73 Å². The maximum absolute atomic E-state index is 6.97. The molecule has 1 heterocycles. The Kier molecular flexibility index (Phi) is 6.23. The van der Waals surface area contributed by atoms with Gasteiger partial charge in [0.05, 0.1) is 23.3 Å². The van der Waals surface area contributed by atoms with Gasteiger partial charge >= 0.3 is 0 Å². The molecule has 0 aliphatic rings. The smallest absolute Gasteiger partial charge is 0.0644 e. The van der Waals surface area contributed by atoms with E-state index in [0.717, 1.165) is 50.4 Å². The topological polar surface area (TPSA) is 43.3 Å². The molecule has 0 fully saturated rings. The fourth-order valence-corrected chi connectivity index (χ4v) is 6.65. The van der Waals surface area contributed by atoms with Crippen molar-refractivity contribution in [1.29, 1.82) is 0 Å². The van der Waals surface area contributed by atoms with E-state index in [0.29, 0.717) is 6.54 Å². The van der Waals surface area contributed by atoms with E-state index in [1.54, 1.807) is 0 Å². The first-order valence-corrected chi connectivity index (χ1v) is 15.0. The highest BCUT2D eigenvalue weighted by Gasteiger charge is 2.19. The lowest BCUT2D eigenvalue weighted by Gasteiger charge is -2.18. The van der Waals surface area contributed by atoms with Crippen LogP contribution < -0.4 is 5.73 Å². The number of anilines is 1. The van der Waals surface area contributed by atoms with E-state index in [4.69, 9.17) is 10.7 Å². The zero-order chi connectivity index (χ0) is 29.6. The van der Waals surface area contributed by atoms with Gasteiger partial charge in [-0.25, -0.2) is 0 Å². The molecule has 0 aliphatic carbocycles. The molecule has 7 aromatic carbocycles. The van der Waals surface area contributed by atoms with Crippen LogP contribution in [0.15, 0.2) is 151 Å². The van der Waals surface area contributed by atoms with Crippen LogP contribution in [0, 0.1) is 0 Å². The normalized spacial score (nSPS) is 12.1. The number of benzene rings is 7. The van der Waals surface area contributed by atoms with E-state index >= 15 is 0 Å². The molecular weight excluding hydrogens is 534 g/mol. The average Bonchev–Trinajstić information content (AvgIpc) is 3.39. The number of para-hydroxylation sites is 1. The quantitative estimate of drug-likeness (QED) is 0.164. The fourth-order valence-electron chi connectivity index (χ4n) is 6.65. The van der Waals surface area contributed by atoms with Crippen molar-refractivity contribution < 1.29 is 0 Å². The molecule has 0 amide bonds. The molecular formula is C41H31N3. The molecule has 3 heteroatoms. The first-order valence-electron chi connectivity index (χ1n) is 15.0. The Labute approximate surface area is 256 Å². The first kappa shape index (κ1) is 26.0. The molecule has 3 nitrogen and oxygen atoms in total. The monoisotopic (exact) mass is 565 g/mol. The van der Waals surface area contributed by atoms with Gasteiger partial charge in [0.15, 0.2) is 0 Å². The predicted molar refractivity (Wildman–Crippen MR) is 188 cm³/mol. The molecule has 0 unspecified atom stereocenters. The molecule has 0 radical (unpaired) electrons. The number of aromatic nitrogens is 1. The third kappa shape index (κ3) is 4.33. The number of nitrogens with two attached hydrogens (primary N) is 1. The van der Waals surface area contributed by atoms with Crippen LogP contribution in [0.2, 0.25) is 0 Å². The van der Waals surface area contributed by atoms with E-state index in [9.17, 15) is 0 Å². The summed E-state index contributed by atoms with van der Waals surface area (Å²) in [6.45, 7) is 2.63. The molecule has 0 spiro atoms. The average molecular weight is 566 g/mol. The van der Waals surface area contributed by atoms with Gasteiger partial charge in [0.1, 0.15) is 0 Å². The van der Waals surface area contributed by atoms with Crippen LogP contribution in [0.3, 0.4) is 0 Å². The van der Waals surface area contributed by atoms with Gasteiger partial charge in [-0.05, 0) is 69.9 Å². The maximum atomic E-state index is 6.97. The third-order valence-corrected chi connectivity index (χ3v) is 8.73. The Morgan fingerprint density at radius 3 is 2.07 bits per heavy atom. The Hall–Kier alpha value is -5.67. The zero-order valence-corrected chi connectivity index (χ0v) is 24.5. The molecule has 44 heavy (non-hydrogen) atoms. The summed E-state index contributed by atoms with van der Waals surface area (Å²) in [6.07, 6.45) is 0. The summed E-state index contributed by atoms with van der Waals surface area (Å²) in [4.78, 5) is 5.10. The highest BCUT2D eigenvalue weighted by Crippen LogP contribution is 2.40. The summed E-state index contributed by atoms with van der Waals surface area (Å²) in [7, 11) is 0. The molecule has 0 saturated heterocycles. The van der Waals surface area contributed by atoms with Gasteiger partial charge in [-0.3, -0.25) is 4.99 Å². The summed E-state index contributed by atoms with van der Waals surface area (Å²) in [5.74, 6) is 0. The molecule has 0 bridgehead atoms. The molecule has 8 rings (SSSR count). The first-order chi connectivity index (χ1) is 21.7. The number of hydrogen-bond donors (Lipinski definition) is 1. The second-order valence-corrected chi connectivity index (χ2v) is 11.4. The highest BCUT2D eigenvalue weighted by atomic mass is 15.0. The lowest BCUT2D eigenvalue weighted by Crippen LogP contribution is -2.03. The summed E-state index contributed by atoms with van der Waals surface area (Å²) >= 11 is 0. The van der Waals surface area contributed by atoms with Gasteiger partial charge in [0, 0.05) is 33.3 Å². The lowest BCUT2D eigenvalue weighted by atomic mass is 9.98. The van der Waals surface area contributed by atoms with E-state index in [1.807, 2.05) is 6.07 Å². The van der Waals surface area contributed by atoms with Crippen molar-refractivity contribution in [3.8, 4) is 16.8 Å². The summed E-state index contributed by atoms with van der Waals surface area (Å²) in [5.41, 5.74) is 16.5. The van der Waals surface area contributed by atoms with Gasteiger partial charge < -0.3 is 10.3 Å². The van der Waals surface area contributed by atoms with Crippen LogP contribution >= 0.6 is 0 Å². The summed E-state index contributed by atoms with van der Waals surface area (Å²) < 4.78 is 2.39. The minimum absolute atomic E-state index is 0.529. The molecule has 0 saturated carbocycles. The van der Waals surface area contributed by atoms with Crippen molar-refractivity contribution in [2.45, 2.75) is 13.5 Å². The number of nitrogens with zero attached hydrogens (tertiary/aromatic N) is 2. The van der Waals surface area contributed by atoms with Crippen LogP contribution in [0.4, 0.5) is 5.69 Å². The van der Waals surface area contributed by atoms with Crippen LogP contribution in [-0.2, 0) is 6.54 Å². The second kappa shape index (κ2) is 10.6. The number of aliphatic imine (C=N–C) groups is 1. The minimum Gasteiger partial charge on any atom is -0.398 e. The third-order valence-electron chi connectivity index (χ3n) is 8.73. The van der Waals surface area contributed by atoms with Crippen LogP contribution in [-0.4, -0.2) is 10.3 Å². The Balaban J connectivity index is 1.35. The summed E-state index contributed by atoms with van der Waals surface area (Å²) in [5, 5.41) is 7.33. The van der Waals surface area contributed by atoms with Crippen LogP contribution in [0.25, 0.3) is 60.2 Å². The minimum atomic E-state index is 0.529. The van der Waals surface area contributed by atoms with E-state index < -0.39 is 0 Å². The Morgan fingerprint density at radius 1 is 0.591 bits per heavy atom. The second-order valence-electron chi connectivity index (χ2n) is 11.4. The van der Waals surface area contributed by atoms with Crippen molar-refractivity contribution in [3.05, 3.63) is 157 Å². The number of hydrogen-bond acceptors (Lipinski definition) is 2. The van der Waals surface area contributed by atoms with Gasteiger partial charge in [-0.1, -0.05) is 115 Å². The van der Waals surface area contributed by atoms with Crippen molar-refractivity contribution in [2.24, 2.45) is 4.99 Å². The maximum Gasteiger partial charge on any atom is 0.0644 e. The molecule has 2 N–H and O–H groups in total. The number of fused-ring (bicyclic) bond motifs is 5. The van der Waals surface area contributed by atoms with Crippen molar-refractivity contribution in [3.63, 3.8) is 0 Å². The molecule has 0 aliphatic heterocycles. The standard InChI is InChI=1S/C41H31N3/c1-27(33-20-11-17-29-12-7-8-18-34(29)33)43-26-28-22-37(42)41(30-13-3-2-4-14-30)40(23-28)44-38-21-10-9-19-35(38)36-24-31-15-5-6-16-32(31)25-39(36)44/h2-25H,26,42H2,1H3/b43-27+.